The van der Waals surface area contributed by atoms with E-state index in [9.17, 15) is 0 Å². The fourth-order valence-electron chi connectivity index (χ4n) is 3.61. The van der Waals surface area contributed by atoms with Crippen LogP contribution in [0.15, 0.2) is 0 Å². The predicted molar refractivity (Wildman–Crippen MR) is 136 cm³/mol. The Morgan fingerprint density at radius 1 is 0.481 bits per heavy atom. The monoisotopic (exact) mass is 433 g/mol. The molecule has 0 aliphatic heterocycles. The number of rotatable bonds is 22. The topological polar surface area (TPSA) is 12.0 Å². The van der Waals surface area contributed by atoms with Crippen molar-refractivity contribution in [3.05, 3.63) is 0 Å². The smallest absolute Gasteiger partial charge is 0.130 e. The van der Waals surface area contributed by atoms with Gasteiger partial charge >= 0.3 is 0 Å². The Hall–Kier alpha value is 0.590. The van der Waals surface area contributed by atoms with Crippen LogP contribution in [0.1, 0.15) is 128 Å². The Morgan fingerprint density at radius 2 is 0.741 bits per heavy atom. The lowest BCUT2D eigenvalue weighted by molar-refractivity contribution is 0.521. The zero-order chi connectivity index (χ0) is 19.8. The molecule has 0 heterocycles. The predicted octanol–water partition coefficient (Wildman–Crippen LogP) is 8.52. The van der Waals surface area contributed by atoms with Crippen LogP contribution in [0.4, 0.5) is 0 Å². The molecule has 1 nitrogen and oxygen atoms in total. The SMILES string of the molecule is S=C(S)NCCCCCCCCCCCCCCCCCCCCCCS. The van der Waals surface area contributed by atoms with E-state index in [1.807, 2.05) is 0 Å². The van der Waals surface area contributed by atoms with Crippen molar-refractivity contribution < 1.29 is 0 Å². The van der Waals surface area contributed by atoms with Crippen molar-refractivity contribution in [3.8, 4) is 0 Å². The van der Waals surface area contributed by atoms with Crippen LogP contribution in [0.3, 0.4) is 0 Å². The highest BCUT2D eigenvalue weighted by molar-refractivity contribution is 8.11. The van der Waals surface area contributed by atoms with Crippen molar-refractivity contribution >= 4 is 41.8 Å². The Balaban J connectivity index is 2.98. The molecule has 1 N–H and O–H groups in total. The minimum absolute atomic E-state index is 0.626. The van der Waals surface area contributed by atoms with Gasteiger partial charge < -0.3 is 5.32 Å². The second-order valence-corrected chi connectivity index (χ2v) is 9.63. The van der Waals surface area contributed by atoms with Crippen LogP contribution in [0, 0.1) is 0 Å². The van der Waals surface area contributed by atoms with E-state index < -0.39 is 0 Å². The van der Waals surface area contributed by atoms with Crippen molar-refractivity contribution in [1.29, 1.82) is 0 Å². The fraction of sp³-hybridized carbons (Fsp3) is 0.957. The molecular weight excluding hydrogens is 386 g/mol. The molecule has 4 heteroatoms. The lowest BCUT2D eigenvalue weighted by atomic mass is 10.0. The molecule has 27 heavy (non-hydrogen) atoms. The van der Waals surface area contributed by atoms with Gasteiger partial charge in [0.05, 0.1) is 0 Å². The molecule has 0 aliphatic carbocycles. The Bertz CT molecular complexity index is 297. The summed E-state index contributed by atoms with van der Waals surface area (Å²) in [5.74, 6) is 1.06. The number of thiocarbonyl (C=S) groups is 1. The van der Waals surface area contributed by atoms with Gasteiger partial charge in [-0.15, -0.1) is 12.6 Å². The number of unbranched alkanes of at least 4 members (excludes halogenated alkanes) is 19. The van der Waals surface area contributed by atoms with Gasteiger partial charge in [0.2, 0.25) is 0 Å². The highest BCUT2D eigenvalue weighted by atomic mass is 32.1. The first-order valence-electron chi connectivity index (χ1n) is 11.8. The summed E-state index contributed by atoms with van der Waals surface area (Å²) in [5.41, 5.74) is 0. The van der Waals surface area contributed by atoms with Crippen LogP contribution in [0.25, 0.3) is 0 Å². The molecule has 0 radical (unpaired) electrons. The van der Waals surface area contributed by atoms with Crippen LogP contribution in [-0.2, 0) is 0 Å². The molecule has 0 spiro atoms. The van der Waals surface area contributed by atoms with Gasteiger partial charge in [-0.3, -0.25) is 0 Å². The summed E-state index contributed by atoms with van der Waals surface area (Å²) in [7, 11) is 0. The summed E-state index contributed by atoms with van der Waals surface area (Å²) in [6.45, 7) is 0.985. The molecule has 0 saturated heterocycles. The third-order valence-electron chi connectivity index (χ3n) is 5.36. The minimum Gasteiger partial charge on any atom is -0.371 e. The highest BCUT2D eigenvalue weighted by Gasteiger charge is 1.95. The summed E-state index contributed by atoms with van der Waals surface area (Å²) in [4.78, 5) is 0. The lowest BCUT2D eigenvalue weighted by Gasteiger charge is -2.04. The molecule has 0 aliphatic rings. The summed E-state index contributed by atoms with van der Waals surface area (Å²) >= 11 is 13.2. The van der Waals surface area contributed by atoms with E-state index in [1.165, 1.54) is 128 Å². The second-order valence-electron chi connectivity index (χ2n) is 8.03. The summed E-state index contributed by atoms with van der Waals surface area (Å²) in [5, 5.41) is 3.10. The van der Waals surface area contributed by atoms with E-state index in [0.717, 1.165) is 12.3 Å². The van der Waals surface area contributed by atoms with Gasteiger partial charge in [0.25, 0.3) is 0 Å². The molecule has 0 fully saturated rings. The quantitative estimate of drug-likeness (QED) is 0.0898. The molecule has 0 amide bonds. The van der Waals surface area contributed by atoms with Crippen LogP contribution in [0.2, 0.25) is 0 Å². The number of hydrogen-bond donors (Lipinski definition) is 3. The Kier molecular flexibility index (Phi) is 25.2. The van der Waals surface area contributed by atoms with Crippen molar-refractivity contribution in [1.82, 2.24) is 5.32 Å². The molecule has 0 atom stereocenters. The van der Waals surface area contributed by atoms with Gasteiger partial charge in [0.15, 0.2) is 0 Å². The standard InChI is InChI=1S/C23H47NS3/c25-22-20-18-16-14-12-10-8-6-4-2-1-3-5-7-9-11-13-15-17-19-21-24-23(26)27/h25H,1-22H2,(H2,24,26,27). The summed E-state index contributed by atoms with van der Waals surface area (Å²) < 4.78 is 0.626. The second kappa shape index (κ2) is 24.6. The van der Waals surface area contributed by atoms with Crippen LogP contribution in [0.5, 0.6) is 0 Å². The third kappa shape index (κ3) is 26.6. The zero-order valence-electron chi connectivity index (χ0n) is 17.9. The molecule has 0 bridgehead atoms. The normalized spacial score (nSPS) is 11.0. The van der Waals surface area contributed by atoms with Crippen LogP contribution < -0.4 is 5.32 Å². The molecule has 0 aromatic carbocycles. The maximum absolute atomic E-state index is 4.88. The fourth-order valence-corrected chi connectivity index (χ4v) is 4.05. The first kappa shape index (κ1) is 27.6. The minimum atomic E-state index is 0.626. The summed E-state index contributed by atoms with van der Waals surface area (Å²) in [6, 6.07) is 0. The zero-order valence-corrected chi connectivity index (χ0v) is 20.5. The largest absolute Gasteiger partial charge is 0.371 e. The number of hydrogen-bond acceptors (Lipinski definition) is 2. The molecule has 0 unspecified atom stereocenters. The van der Waals surface area contributed by atoms with Crippen molar-refractivity contribution in [2.75, 3.05) is 12.3 Å². The Labute approximate surface area is 187 Å². The number of thiol groups is 2. The van der Waals surface area contributed by atoms with E-state index >= 15 is 0 Å². The molecule has 0 aromatic rings. The van der Waals surface area contributed by atoms with E-state index in [1.54, 1.807) is 0 Å². The van der Waals surface area contributed by atoms with Crippen LogP contribution in [-0.4, -0.2) is 16.6 Å². The Morgan fingerprint density at radius 3 is 1.00 bits per heavy atom. The third-order valence-corrected chi connectivity index (χ3v) is 5.98. The number of nitrogens with one attached hydrogen (secondary N) is 1. The maximum atomic E-state index is 4.88. The van der Waals surface area contributed by atoms with Gasteiger partial charge in [-0.2, -0.15) is 12.6 Å². The molecule has 162 valence electrons. The van der Waals surface area contributed by atoms with Crippen LogP contribution >= 0.6 is 37.5 Å². The van der Waals surface area contributed by atoms with Crippen molar-refractivity contribution in [2.45, 2.75) is 128 Å². The first-order chi connectivity index (χ1) is 13.3. The van der Waals surface area contributed by atoms with Gasteiger partial charge in [0.1, 0.15) is 4.32 Å². The molecule has 0 saturated carbocycles. The lowest BCUT2D eigenvalue weighted by Crippen LogP contribution is -2.17. The van der Waals surface area contributed by atoms with Gasteiger partial charge in [-0.25, -0.2) is 0 Å². The average Bonchev–Trinajstić information content (AvgIpc) is 2.65. The van der Waals surface area contributed by atoms with Gasteiger partial charge in [-0.05, 0) is 18.6 Å². The van der Waals surface area contributed by atoms with E-state index in [-0.39, 0.29) is 0 Å². The maximum Gasteiger partial charge on any atom is 0.130 e. The molecule has 0 rings (SSSR count). The first-order valence-corrected chi connectivity index (χ1v) is 13.3. The van der Waals surface area contributed by atoms with E-state index in [0.29, 0.717) is 4.32 Å². The van der Waals surface area contributed by atoms with E-state index in [2.05, 4.69) is 30.6 Å². The van der Waals surface area contributed by atoms with Crippen molar-refractivity contribution in [2.24, 2.45) is 0 Å². The molecular formula is C23H47NS3. The van der Waals surface area contributed by atoms with Gasteiger partial charge in [0, 0.05) is 6.54 Å². The van der Waals surface area contributed by atoms with E-state index in [4.69, 9.17) is 12.2 Å². The summed E-state index contributed by atoms with van der Waals surface area (Å²) in [6.07, 6.45) is 28.3. The average molecular weight is 434 g/mol. The molecule has 0 aromatic heterocycles. The van der Waals surface area contributed by atoms with Crippen molar-refractivity contribution in [3.63, 3.8) is 0 Å². The highest BCUT2D eigenvalue weighted by Crippen LogP contribution is 2.14. The van der Waals surface area contributed by atoms with Gasteiger partial charge in [-0.1, -0.05) is 128 Å².